The maximum Gasteiger partial charge on any atom is 0.240 e. The van der Waals surface area contributed by atoms with Gasteiger partial charge in [-0.25, -0.2) is 4.99 Å². The Labute approximate surface area is 235 Å². The van der Waals surface area contributed by atoms with E-state index < -0.39 is 6.04 Å². The van der Waals surface area contributed by atoms with Crippen LogP contribution in [0.25, 0.3) is 5.70 Å². The van der Waals surface area contributed by atoms with Crippen molar-refractivity contribution in [2.24, 2.45) is 10.7 Å². The van der Waals surface area contributed by atoms with Crippen LogP contribution < -0.4 is 31.9 Å². The SMILES string of the molecule is C[C@@H](N)C(=O)Nc1ccc(C2=CCN=C(Nc3ccc(N4CCN(C(=O)CN5CCNCC5)CC4)cc3)N2)cc1. The quantitative estimate of drug-likeness (QED) is 0.348. The van der Waals surface area contributed by atoms with Crippen LogP contribution in [0.5, 0.6) is 0 Å². The summed E-state index contributed by atoms with van der Waals surface area (Å²) in [6.45, 7) is 9.69. The van der Waals surface area contributed by atoms with Gasteiger partial charge in [-0.1, -0.05) is 12.1 Å². The van der Waals surface area contributed by atoms with Gasteiger partial charge in [0.05, 0.1) is 19.1 Å². The Kier molecular flexibility index (Phi) is 8.94. The van der Waals surface area contributed by atoms with Crippen molar-refractivity contribution in [2.75, 3.05) is 81.0 Å². The van der Waals surface area contributed by atoms with Gasteiger partial charge >= 0.3 is 0 Å². The molecule has 0 bridgehead atoms. The van der Waals surface area contributed by atoms with Crippen LogP contribution in [0.15, 0.2) is 59.6 Å². The maximum absolute atomic E-state index is 12.7. The third-order valence-electron chi connectivity index (χ3n) is 7.37. The highest BCUT2D eigenvalue weighted by Crippen LogP contribution is 2.21. The number of rotatable bonds is 7. The third-order valence-corrected chi connectivity index (χ3v) is 7.37. The van der Waals surface area contributed by atoms with Crippen LogP contribution in [0.3, 0.4) is 0 Å². The van der Waals surface area contributed by atoms with Crippen molar-refractivity contribution in [3.05, 3.63) is 60.2 Å². The Morgan fingerprint density at radius 3 is 2.30 bits per heavy atom. The lowest BCUT2D eigenvalue weighted by Gasteiger charge is -2.37. The summed E-state index contributed by atoms with van der Waals surface area (Å²) in [5.74, 6) is 0.696. The van der Waals surface area contributed by atoms with Crippen LogP contribution in [0, 0.1) is 0 Å². The number of nitrogens with zero attached hydrogens (tertiary/aromatic N) is 4. The molecule has 5 rings (SSSR count). The van der Waals surface area contributed by atoms with E-state index >= 15 is 0 Å². The number of carbonyl (C=O) groups excluding carboxylic acids is 2. The number of aliphatic imine (C=N–C) groups is 1. The van der Waals surface area contributed by atoms with Gasteiger partial charge in [-0.15, -0.1) is 0 Å². The Hall–Kier alpha value is -3.93. The van der Waals surface area contributed by atoms with Crippen LogP contribution in [-0.2, 0) is 9.59 Å². The lowest BCUT2D eigenvalue weighted by molar-refractivity contribution is -0.132. The summed E-state index contributed by atoms with van der Waals surface area (Å²) >= 11 is 0. The first kappa shape index (κ1) is 27.6. The average Bonchev–Trinajstić information content (AvgIpc) is 2.98. The van der Waals surface area contributed by atoms with Gasteiger partial charge in [0.1, 0.15) is 0 Å². The zero-order chi connectivity index (χ0) is 27.9. The molecule has 11 heteroatoms. The van der Waals surface area contributed by atoms with E-state index in [0.717, 1.165) is 75.0 Å². The van der Waals surface area contributed by atoms with Crippen molar-refractivity contribution in [2.45, 2.75) is 13.0 Å². The number of hydrogen-bond acceptors (Lipinski definition) is 9. The van der Waals surface area contributed by atoms with E-state index in [1.54, 1.807) is 6.92 Å². The first-order valence-electron chi connectivity index (χ1n) is 14.0. The molecule has 3 aliphatic heterocycles. The number of anilines is 3. The molecule has 40 heavy (non-hydrogen) atoms. The molecule has 2 amide bonds. The van der Waals surface area contributed by atoms with Gasteiger partial charge in [-0.05, 0) is 55.0 Å². The summed E-state index contributed by atoms with van der Waals surface area (Å²) in [5.41, 5.74) is 10.4. The van der Waals surface area contributed by atoms with Crippen LogP contribution in [0.4, 0.5) is 17.1 Å². The summed E-state index contributed by atoms with van der Waals surface area (Å²) in [5, 5.41) is 12.9. The van der Waals surface area contributed by atoms with E-state index in [-0.39, 0.29) is 11.8 Å². The van der Waals surface area contributed by atoms with Gasteiger partial charge in [-0.2, -0.15) is 0 Å². The summed E-state index contributed by atoms with van der Waals surface area (Å²) in [6, 6.07) is 15.4. The second-order valence-electron chi connectivity index (χ2n) is 10.4. The molecule has 2 saturated heterocycles. The first-order chi connectivity index (χ1) is 19.4. The van der Waals surface area contributed by atoms with E-state index in [1.165, 1.54) is 0 Å². The largest absolute Gasteiger partial charge is 0.368 e. The lowest BCUT2D eigenvalue weighted by atomic mass is 10.1. The molecule has 11 nitrogen and oxygen atoms in total. The maximum atomic E-state index is 12.7. The van der Waals surface area contributed by atoms with Gasteiger partial charge in [0, 0.05) is 75.1 Å². The third kappa shape index (κ3) is 7.17. The number of nitrogens with one attached hydrogen (secondary N) is 4. The van der Waals surface area contributed by atoms with Crippen molar-refractivity contribution >= 4 is 40.5 Å². The molecule has 212 valence electrons. The molecule has 1 atom stereocenters. The zero-order valence-corrected chi connectivity index (χ0v) is 23.0. The predicted octanol–water partition coefficient (Wildman–Crippen LogP) is 0.938. The second kappa shape index (κ2) is 12.9. The molecule has 0 saturated carbocycles. The van der Waals surface area contributed by atoms with Gasteiger partial charge in [0.2, 0.25) is 17.8 Å². The lowest BCUT2D eigenvalue weighted by Crippen LogP contribution is -2.53. The Balaban J connectivity index is 1.09. The average molecular weight is 546 g/mol. The molecule has 0 spiro atoms. The number of carbonyl (C=O) groups is 2. The minimum atomic E-state index is -0.560. The summed E-state index contributed by atoms with van der Waals surface area (Å²) < 4.78 is 0. The number of benzene rings is 2. The Morgan fingerprint density at radius 1 is 0.950 bits per heavy atom. The fourth-order valence-corrected chi connectivity index (χ4v) is 4.96. The predicted molar refractivity (Wildman–Crippen MR) is 160 cm³/mol. The molecule has 0 aliphatic carbocycles. The van der Waals surface area contributed by atoms with Crippen LogP contribution >= 0.6 is 0 Å². The van der Waals surface area contributed by atoms with Gasteiger partial charge < -0.3 is 36.8 Å². The van der Waals surface area contributed by atoms with E-state index in [1.807, 2.05) is 35.2 Å². The molecule has 2 aromatic carbocycles. The van der Waals surface area contributed by atoms with Crippen molar-refractivity contribution in [3.8, 4) is 0 Å². The summed E-state index contributed by atoms with van der Waals surface area (Å²) in [4.78, 5) is 35.7. The summed E-state index contributed by atoms with van der Waals surface area (Å²) in [6.07, 6.45) is 2.03. The minimum Gasteiger partial charge on any atom is -0.368 e. The van der Waals surface area contributed by atoms with E-state index in [0.29, 0.717) is 24.7 Å². The van der Waals surface area contributed by atoms with Gasteiger partial charge in [0.25, 0.3) is 0 Å². The molecule has 0 unspecified atom stereocenters. The van der Waals surface area contributed by atoms with Crippen LogP contribution in [0.2, 0.25) is 0 Å². The van der Waals surface area contributed by atoms with E-state index in [2.05, 4.69) is 60.3 Å². The number of nitrogens with two attached hydrogens (primary N) is 1. The molecule has 6 N–H and O–H groups in total. The highest BCUT2D eigenvalue weighted by atomic mass is 16.2. The molecule has 3 aliphatic rings. The fraction of sp³-hybridized carbons (Fsp3) is 0.414. The van der Waals surface area contributed by atoms with E-state index in [9.17, 15) is 9.59 Å². The zero-order valence-electron chi connectivity index (χ0n) is 23.0. The van der Waals surface area contributed by atoms with Crippen molar-refractivity contribution < 1.29 is 9.59 Å². The fourth-order valence-electron chi connectivity index (χ4n) is 4.96. The molecule has 2 aromatic rings. The molecular formula is C29H39N9O2. The first-order valence-corrected chi connectivity index (χ1v) is 14.0. The smallest absolute Gasteiger partial charge is 0.240 e. The Morgan fingerprint density at radius 2 is 1.62 bits per heavy atom. The number of amides is 2. The van der Waals surface area contributed by atoms with Crippen LogP contribution in [-0.4, -0.2) is 99.1 Å². The number of hydrogen-bond donors (Lipinski definition) is 5. The normalized spacial score (nSPS) is 18.8. The van der Waals surface area contributed by atoms with E-state index in [4.69, 9.17) is 5.73 Å². The molecule has 3 heterocycles. The number of guanidine groups is 1. The van der Waals surface area contributed by atoms with Gasteiger partial charge in [0.15, 0.2) is 0 Å². The Bertz CT molecular complexity index is 1230. The minimum absolute atomic E-state index is 0.217. The van der Waals surface area contributed by atoms with Gasteiger partial charge in [-0.3, -0.25) is 14.5 Å². The van der Waals surface area contributed by atoms with Crippen molar-refractivity contribution in [3.63, 3.8) is 0 Å². The molecular weight excluding hydrogens is 506 g/mol. The standard InChI is InChI=1S/C29H39N9O2/c1-21(30)28(40)33-23-4-2-22(3-5-23)26-10-11-32-29(35-26)34-24-6-8-25(9-7-24)37-16-18-38(19-17-37)27(39)20-36-14-12-31-13-15-36/h2-10,21,31H,11-20,30H2,1H3,(H,33,40)(H2,32,34,35)/t21-/m1/s1. The van der Waals surface area contributed by atoms with Crippen LogP contribution in [0.1, 0.15) is 12.5 Å². The van der Waals surface area contributed by atoms with Crippen molar-refractivity contribution in [1.82, 2.24) is 20.4 Å². The topological polar surface area (TPSA) is 130 Å². The number of piperazine rings is 2. The molecule has 0 aromatic heterocycles. The van der Waals surface area contributed by atoms with Crippen molar-refractivity contribution in [1.29, 1.82) is 0 Å². The molecule has 2 fully saturated rings. The second-order valence-corrected chi connectivity index (χ2v) is 10.4. The highest BCUT2D eigenvalue weighted by Gasteiger charge is 2.23. The monoisotopic (exact) mass is 545 g/mol. The molecule has 0 radical (unpaired) electrons. The highest BCUT2D eigenvalue weighted by molar-refractivity contribution is 6.00. The summed E-state index contributed by atoms with van der Waals surface area (Å²) in [7, 11) is 0.